The zero-order valence-corrected chi connectivity index (χ0v) is 14.8. The average molecular weight is 329 g/mol. The van der Waals surface area contributed by atoms with Crippen molar-refractivity contribution < 1.29 is 9.53 Å². The number of amides is 2. The molecule has 5 heteroatoms. The molecule has 3 heterocycles. The molecular formula is C19H27N3O2. The van der Waals surface area contributed by atoms with Gasteiger partial charge in [-0.3, -0.25) is 4.90 Å². The highest BCUT2D eigenvalue weighted by atomic mass is 16.5. The molecule has 2 amide bonds. The van der Waals surface area contributed by atoms with E-state index in [0.29, 0.717) is 12.1 Å². The van der Waals surface area contributed by atoms with Crippen molar-refractivity contribution in [2.24, 2.45) is 0 Å². The Morgan fingerprint density at radius 1 is 1.17 bits per heavy atom. The molecule has 3 saturated heterocycles. The van der Waals surface area contributed by atoms with Crippen LogP contribution < -0.4 is 15.0 Å². The van der Waals surface area contributed by atoms with E-state index >= 15 is 0 Å². The van der Waals surface area contributed by atoms with E-state index in [-0.39, 0.29) is 17.6 Å². The quantitative estimate of drug-likeness (QED) is 0.927. The first kappa shape index (κ1) is 15.8. The summed E-state index contributed by atoms with van der Waals surface area (Å²) in [6.45, 7) is 5.08. The number of carbonyl (C=O) groups excluding carboxylic acids is 1. The van der Waals surface area contributed by atoms with E-state index in [0.717, 1.165) is 30.8 Å². The molecular weight excluding hydrogens is 302 g/mol. The van der Waals surface area contributed by atoms with Gasteiger partial charge in [-0.05, 0) is 63.8 Å². The van der Waals surface area contributed by atoms with Gasteiger partial charge >= 0.3 is 6.03 Å². The molecule has 3 aliphatic heterocycles. The lowest BCUT2D eigenvalue weighted by atomic mass is 9.82. The Balaban J connectivity index is 1.67. The second-order valence-corrected chi connectivity index (χ2v) is 7.80. The van der Waals surface area contributed by atoms with Gasteiger partial charge in [0.05, 0.1) is 19.2 Å². The average Bonchev–Trinajstić information content (AvgIpc) is 3.04. The van der Waals surface area contributed by atoms with Crippen LogP contribution in [0.25, 0.3) is 0 Å². The molecule has 0 radical (unpaired) electrons. The van der Waals surface area contributed by atoms with Crippen molar-refractivity contribution in [1.29, 1.82) is 0 Å². The number of urea groups is 1. The molecule has 0 saturated carbocycles. The molecule has 1 aromatic rings. The number of carbonyl (C=O) groups is 1. The van der Waals surface area contributed by atoms with Crippen LogP contribution in [0.5, 0.6) is 5.75 Å². The topological polar surface area (TPSA) is 44.8 Å². The van der Waals surface area contributed by atoms with Crippen molar-refractivity contribution in [3.63, 3.8) is 0 Å². The third-order valence-corrected chi connectivity index (χ3v) is 5.89. The van der Waals surface area contributed by atoms with E-state index in [2.05, 4.69) is 24.1 Å². The maximum absolute atomic E-state index is 13.2. The highest BCUT2D eigenvalue weighted by Gasteiger charge is 2.55. The van der Waals surface area contributed by atoms with Crippen LogP contribution in [0.3, 0.4) is 0 Å². The van der Waals surface area contributed by atoms with E-state index in [9.17, 15) is 4.79 Å². The number of nitrogens with zero attached hydrogens (tertiary/aromatic N) is 2. The van der Waals surface area contributed by atoms with Crippen LogP contribution >= 0.6 is 0 Å². The van der Waals surface area contributed by atoms with Crippen LogP contribution in [0.1, 0.15) is 39.5 Å². The van der Waals surface area contributed by atoms with Gasteiger partial charge in [0.25, 0.3) is 0 Å². The minimum Gasteiger partial charge on any atom is -0.497 e. The Morgan fingerprint density at radius 2 is 1.79 bits per heavy atom. The van der Waals surface area contributed by atoms with Crippen LogP contribution in [0.4, 0.5) is 10.5 Å². The summed E-state index contributed by atoms with van der Waals surface area (Å²) in [5.74, 6) is 0.820. The number of rotatable bonds is 3. The molecule has 130 valence electrons. The first-order valence-electron chi connectivity index (χ1n) is 9.03. The molecule has 0 aliphatic carbocycles. The van der Waals surface area contributed by atoms with Crippen LogP contribution in [0.2, 0.25) is 0 Å². The van der Waals surface area contributed by atoms with Crippen molar-refractivity contribution >= 4 is 11.7 Å². The van der Waals surface area contributed by atoms with E-state index in [4.69, 9.17) is 4.74 Å². The number of nitrogens with one attached hydrogen (secondary N) is 1. The van der Waals surface area contributed by atoms with Crippen LogP contribution in [-0.2, 0) is 0 Å². The number of anilines is 1. The van der Waals surface area contributed by atoms with E-state index in [1.54, 1.807) is 7.11 Å². The zero-order chi connectivity index (χ0) is 16.9. The first-order valence-corrected chi connectivity index (χ1v) is 9.03. The Kier molecular flexibility index (Phi) is 3.71. The maximum atomic E-state index is 13.2. The number of benzene rings is 1. The fourth-order valence-corrected chi connectivity index (χ4v) is 5.05. The lowest BCUT2D eigenvalue weighted by Crippen LogP contribution is -2.59. The number of fused-ring (bicyclic) bond motifs is 2. The molecule has 3 aliphatic rings. The van der Waals surface area contributed by atoms with Gasteiger partial charge in [0.15, 0.2) is 0 Å². The monoisotopic (exact) mass is 329 g/mol. The summed E-state index contributed by atoms with van der Waals surface area (Å²) in [6, 6.07) is 9.34. The van der Waals surface area contributed by atoms with Gasteiger partial charge in [-0.15, -0.1) is 0 Å². The number of hydrogen-bond acceptors (Lipinski definition) is 3. The Bertz CT molecular complexity index is 616. The Labute approximate surface area is 144 Å². The van der Waals surface area contributed by atoms with Gasteiger partial charge in [0, 0.05) is 23.8 Å². The molecule has 2 unspecified atom stereocenters. The first-order chi connectivity index (χ1) is 11.5. The summed E-state index contributed by atoms with van der Waals surface area (Å²) in [5, 5.41) is 3.71. The zero-order valence-electron chi connectivity index (χ0n) is 14.8. The van der Waals surface area contributed by atoms with E-state index in [1.165, 1.54) is 12.8 Å². The summed E-state index contributed by atoms with van der Waals surface area (Å²) in [4.78, 5) is 17.3. The third kappa shape index (κ3) is 2.37. The maximum Gasteiger partial charge on any atom is 0.325 e. The minimum absolute atomic E-state index is 0.0255. The second kappa shape index (κ2) is 5.66. The standard InChI is InChI=1S/C19H27N3O2/c1-13(2)22-18(23)21(16-6-8-17(24-3)9-7-16)12-19(22)10-14-4-5-15(11-19)20-14/h6-9,13-15,20H,4-5,10-12H2,1-3H3. The van der Waals surface area contributed by atoms with E-state index in [1.807, 2.05) is 29.2 Å². The fourth-order valence-electron chi connectivity index (χ4n) is 5.05. The molecule has 1 spiro atoms. The SMILES string of the molecule is COc1ccc(N2CC3(CC4CCC(C3)N4)N(C(C)C)C2=O)cc1. The largest absolute Gasteiger partial charge is 0.497 e. The number of hydrogen-bond donors (Lipinski definition) is 1. The lowest BCUT2D eigenvalue weighted by Gasteiger charge is -2.45. The van der Waals surface area contributed by atoms with Crippen LogP contribution in [-0.4, -0.2) is 48.3 Å². The summed E-state index contributed by atoms with van der Waals surface area (Å²) in [5.41, 5.74) is 0.941. The number of methoxy groups -OCH3 is 1. The highest BCUT2D eigenvalue weighted by molar-refractivity contribution is 5.95. The molecule has 5 nitrogen and oxygen atoms in total. The molecule has 3 fully saturated rings. The van der Waals surface area contributed by atoms with Crippen molar-refractivity contribution in [3.8, 4) is 5.75 Å². The van der Waals surface area contributed by atoms with Gasteiger partial charge in [-0.25, -0.2) is 4.79 Å². The predicted molar refractivity (Wildman–Crippen MR) is 94.6 cm³/mol. The van der Waals surface area contributed by atoms with Gasteiger partial charge in [-0.2, -0.15) is 0 Å². The lowest BCUT2D eigenvalue weighted by molar-refractivity contribution is 0.0832. The molecule has 2 atom stereocenters. The second-order valence-electron chi connectivity index (χ2n) is 7.80. The summed E-state index contributed by atoms with van der Waals surface area (Å²) < 4.78 is 5.24. The number of ether oxygens (including phenoxy) is 1. The highest BCUT2D eigenvalue weighted by Crippen LogP contribution is 2.44. The molecule has 2 bridgehead atoms. The molecule has 1 aromatic carbocycles. The third-order valence-electron chi connectivity index (χ3n) is 5.89. The Hall–Kier alpha value is -1.75. The van der Waals surface area contributed by atoms with Gasteiger partial charge in [0.1, 0.15) is 5.75 Å². The molecule has 4 rings (SSSR count). The number of piperidine rings is 1. The summed E-state index contributed by atoms with van der Waals surface area (Å²) in [7, 11) is 1.66. The molecule has 0 aromatic heterocycles. The van der Waals surface area contributed by atoms with Crippen LogP contribution in [0.15, 0.2) is 24.3 Å². The van der Waals surface area contributed by atoms with Gasteiger partial charge in [-0.1, -0.05) is 0 Å². The van der Waals surface area contributed by atoms with E-state index < -0.39 is 0 Å². The molecule has 24 heavy (non-hydrogen) atoms. The minimum atomic E-state index is -0.0255. The smallest absolute Gasteiger partial charge is 0.325 e. The molecule has 1 N–H and O–H groups in total. The summed E-state index contributed by atoms with van der Waals surface area (Å²) >= 11 is 0. The predicted octanol–water partition coefficient (Wildman–Crippen LogP) is 3.00. The van der Waals surface area contributed by atoms with Crippen molar-refractivity contribution in [2.45, 2.75) is 63.2 Å². The van der Waals surface area contributed by atoms with Gasteiger partial charge < -0.3 is 15.0 Å². The van der Waals surface area contributed by atoms with Crippen molar-refractivity contribution in [3.05, 3.63) is 24.3 Å². The van der Waals surface area contributed by atoms with Crippen LogP contribution in [0, 0.1) is 0 Å². The normalized spacial score (nSPS) is 32.2. The van der Waals surface area contributed by atoms with Crippen molar-refractivity contribution in [1.82, 2.24) is 10.2 Å². The van der Waals surface area contributed by atoms with Gasteiger partial charge in [0.2, 0.25) is 0 Å². The van der Waals surface area contributed by atoms with Crippen molar-refractivity contribution in [2.75, 3.05) is 18.6 Å². The Morgan fingerprint density at radius 3 is 2.33 bits per heavy atom. The summed E-state index contributed by atoms with van der Waals surface area (Å²) in [6.07, 6.45) is 4.63. The fraction of sp³-hybridized carbons (Fsp3) is 0.632.